The first kappa shape index (κ1) is 13.6. The molecule has 0 bridgehead atoms. The van der Waals surface area contributed by atoms with Crippen molar-refractivity contribution >= 4 is 21.7 Å². The van der Waals surface area contributed by atoms with Gasteiger partial charge in [-0.15, -0.1) is 0 Å². The number of carbonyl (C=O) groups is 1. The Morgan fingerprint density at radius 3 is 2.17 bits per heavy atom. The van der Waals surface area contributed by atoms with Gasteiger partial charge in [-0.25, -0.2) is 0 Å². The highest BCUT2D eigenvalue weighted by Gasteiger charge is 2.67. The van der Waals surface area contributed by atoms with Gasteiger partial charge in [0.25, 0.3) is 0 Å². The zero-order chi connectivity index (χ0) is 13.7. The summed E-state index contributed by atoms with van der Waals surface area (Å²) in [5, 5.41) is 0. The lowest BCUT2D eigenvalue weighted by molar-refractivity contribution is 0.0945. The molecule has 0 radical (unpaired) electrons. The van der Waals surface area contributed by atoms with Gasteiger partial charge in [0.15, 0.2) is 5.78 Å². The van der Waals surface area contributed by atoms with Gasteiger partial charge in [-0.3, -0.25) is 4.79 Å². The van der Waals surface area contributed by atoms with E-state index in [9.17, 15) is 4.79 Å². The molecule has 0 spiro atoms. The summed E-state index contributed by atoms with van der Waals surface area (Å²) in [5.74, 6) is 1.08. The SMILES string of the molecule is COc1ccc(C(=O)C2C(C)(C)C2(C)C)cc1Br. The van der Waals surface area contributed by atoms with E-state index in [4.69, 9.17) is 4.74 Å². The Balaban J connectivity index is 2.29. The lowest BCUT2D eigenvalue weighted by atomic mass is 10.0. The molecule has 1 aliphatic carbocycles. The summed E-state index contributed by atoms with van der Waals surface area (Å²) in [6, 6.07) is 5.53. The van der Waals surface area contributed by atoms with Gasteiger partial charge in [-0.2, -0.15) is 0 Å². The number of halogens is 1. The van der Waals surface area contributed by atoms with Crippen molar-refractivity contribution in [2.24, 2.45) is 16.7 Å². The van der Waals surface area contributed by atoms with E-state index in [1.165, 1.54) is 0 Å². The molecule has 3 heteroatoms. The summed E-state index contributed by atoms with van der Waals surface area (Å²) in [5.41, 5.74) is 0.916. The van der Waals surface area contributed by atoms with E-state index in [1.54, 1.807) is 7.11 Å². The average molecular weight is 311 g/mol. The summed E-state index contributed by atoms with van der Waals surface area (Å²) < 4.78 is 6.01. The van der Waals surface area contributed by atoms with Crippen LogP contribution in [0.3, 0.4) is 0 Å². The van der Waals surface area contributed by atoms with E-state index in [0.717, 1.165) is 15.8 Å². The number of ether oxygens (including phenoxy) is 1. The van der Waals surface area contributed by atoms with Crippen molar-refractivity contribution in [3.05, 3.63) is 28.2 Å². The third-order valence-corrected chi connectivity index (χ3v) is 5.34. The zero-order valence-corrected chi connectivity index (χ0v) is 13.1. The second kappa shape index (κ2) is 4.09. The molecule has 0 amide bonds. The predicted molar refractivity (Wildman–Crippen MR) is 76.1 cm³/mol. The van der Waals surface area contributed by atoms with Crippen LogP contribution in [0, 0.1) is 16.7 Å². The molecule has 0 aliphatic heterocycles. The molecule has 0 aromatic heterocycles. The number of ketones is 1. The molecule has 0 unspecified atom stereocenters. The first-order chi connectivity index (χ1) is 8.23. The van der Waals surface area contributed by atoms with Crippen molar-refractivity contribution in [2.75, 3.05) is 7.11 Å². The molecule has 1 aromatic carbocycles. The minimum atomic E-state index is 0.0798. The number of hydrogen-bond donors (Lipinski definition) is 0. The van der Waals surface area contributed by atoms with Crippen molar-refractivity contribution in [2.45, 2.75) is 27.7 Å². The van der Waals surface area contributed by atoms with Crippen LogP contribution >= 0.6 is 15.9 Å². The van der Waals surface area contributed by atoms with Gasteiger partial charge in [0.2, 0.25) is 0 Å². The second-order valence-electron chi connectivity index (χ2n) is 6.09. The van der Waals surface area contributed by atoms with Crippen LogP contribution in [0.1, 0.15) is 38.1 Å². The largest absolute Gasteiger partial charge is 0.496 e. The first-order valence-corrected chi connectivity index (χ1v) is 6.90. The highest BCUT2D eigenvalue weighted by atomic mass is 79.9. The topological polar surface area (TPSA) is 26.3 Å². The van der Waals surface area contributed by atoms with Crippen LogP contribution < -0.4 is 4.74 Å². The van der Waals surface area contributed by atoms with Crippen molar-refractivity contribution < 1.29 is 9.53 Å². The summed E-state index contributed by atoms with van der Waals surface area (Å²) >= 11 is 3.42. The number of benzene rings is 1. The zero-order valence-electron chi connectivity index (χ0n) is 11.5. The van der Waals surface area contributed by atoms with E-state index in [0.29, 0.717) is 0 Å². The predicted octanol–water partition coefficient (Wildman–Crippen LogP) is 4.32. The smallest absolute Gasteiger partial charge is 0.167 e. The van der Waals surface area contributed by atoms with Crippen molar-refractivity contribution in [1.82, 2.24) is 0 Å². The molecule has 0 N–H and O–H groups in total. The minimum absolute atomic E-state index is 0.0798. The Hall–Kier alpha value is -0.830. The maximum absolute atomic E-state index is 12.5. The fourth-order valence-electron chi connectivity index (χ4n) is 2.84. The van der Waals surface area contributed by atoms with E-state index in [-0.39, 0.29) is 22.5 Å². The van der Waals surface area contributed by atoms with Crippen LogP contribution in [0.15, 0.2) is 22.7 Å². The Morgan fingerprint density at radius 2 is 1.78 bits per heavy atom. The van der Waals surface area contributed by atoms with Gasteiger partial charge >= 0.3 is 0 Å². The molecule has 1 saturated carbocycles. The Bertz CT molecular complexity index is 489. The lowest BCUT2D eigenvalue weighted by Crippen LogP contribution is -2.07. The van der Waals surface area contributed by atoms with Crippen LogP contribution in [0.5, 0.6) is 5.75 Å². The van der Waals surface area contributed by atoms with E-state index in [1.807, 2.05) is 18.2 Å². The number of rotatable bonds is 3. The molecule has 2 nitrogen and oxygen atoms in total. The summed E-state index contributed by atoms with van der Waals surface area (Å²) in [7, 11) is 1.62. The Labute approximate surface area is 117 Å². The second-order valence-corrected chi connectivity index (χ2v) is 6.94. The first-order valence-electron chi connectivity index (χ1n) is 6.11. The van der Waals surface area contributed by atoms with Crippen LogP contribution in [0.2, 0.25) is 0 Å². The molecule has 1 aliphatic rings. The van der Waals surface area contributed by atoms with Gasteiger partial charge in [-0.05, 0) is 45.0 Å². The summed E-state index contributed by atoms with van der Waals surface area (Å²) in [4.78, 5) is 12.5. The van der Waals surface area contributed by atoms with Crippen LogP contribution in [0.25, 0.3) is 0 Å². The number of hydrogen-bond acceptors (Lipinski definition) is 2. The van der Waals surface area contributed by atoms with Gasteiger partial charge in [-0.1, -0.05) is 27.7 Å². The number of Topliss-reactive ketones (excluding diaryl/α,β-unsaturated/α-hetero) is 1. The fourth-order valence-corrected chi connectivity index (χ4v) is 3.38. The van der Waals surface area contributed by atoms with Gasteiger partial charge in [0.05, 0.1) is 11.6 Å². The summed E-state index contributed by atoms with van der Waals surface area (Å²) in [6.07, 6.45) is 0. The van der Waals surface area contributed by atoms with Crippen molar-refractivity contribution in [1.29, 1.82) is 0 Å². The Morgan fingerprint density at radius 1 is 1.22 bits per heavy atom. The van der Waals surface area contributed by atoms with Crippen LogP contribution in [-0.4, -0.2) is 12.9 Å². The minimum Gasteiger partial charge on any atom is -0.496 e. The third-order valence-electron chi connectivity index (χ3n) is 4.72. The van der Waals surface area contributed by atoms with E-state index in [2.05, 4.69) is 43.6 Å². The molecule has 0 atom stereocenters. The average Bonchev–Trinajstić information content (AvgIpc) is 2.68. The molecule has 2 rings (SSSR count). The monoisotopic (exact) mass is 310 g/mol. The maximum Gasteiger partial charge on any atom is 0.167 e. The van der Waals surface area contributed by atoms with Crippen molar-refractivity contribution in [3.8, 4) is 5.75 Å². The highest BCUT2D eigenvalue weighted by Crippen LogP contribution is 2.69. The van der Waals surface area contributed by atoms with Gasteiger partial charge < -0.3 is 4.74 Å². The quantitative estimate of drug-likeness (QED) is 0.777. The number of carbonyl (C=O) groups excluding carboxylic acids is 1. The van der Waals surface area contributed by atoms with E-state index >= 15 is 0 Å². The maximum atomic E-state index is 12.5. The highest BCUT2D eigenvalue weighted by molar-refractivity contribution is 9.10. The molecule has 1 aromatic rings. The number of methoxy groups -OCH3 is 1. The summed E-state index contributed by atoms with van der Waals surface area (Å²) in [6.45, 7) is 8.64. The molecule has 1 fully saturated rings. The van der Waals surface area contributed by atoms with Crippen LogP contribution in [-0.2, 0) is 0 Å². The third kappa shape index (κ3) is 1.80. The molecular weight excluding hydrogens is 292 g/mol. The van der Waals surface area contributed by atoms with Crippen molar-refractivity contribution in [3.63, 3.8) is 0 Å². The fraction of sp³-hybridized carbons (Fsp3) is 0.533. The molecule has 0 saturated heterocycles. The van der Waals surface area contributed by atoms with E-state index < -0.39 is 0 Å². The van der Waals surface area contributed by atoms with Gasteiger partial charge in [0.1, 0.15) is 5.75 Å². The molecule has 0 heterocycles. The normalized spacial score (nSPS) is 20.6. The molecule has 18 heavy (non-hydrogen) atoms. The lowest BCUT2D eigenvalue weighted by Gasteiger charge is -2.06. The Kier molecular flexibility index (Phi) is 3.09. The molecular formula is C15H19BrO2. The van der Waals surface area contributed by atoms with Crippen LogP contribution in [0.4, 0.5) is 0 Å². The molecule has 98 valence electrons. The standard InChI is InChI=1S/C15H19BrO2/c1-14(2)13(15(14,3)4)12(17)9-6-7-11(18-5)10(16)8-9/h6-8,13H,1-5H3. The van der Waals surface area contributed by atoms with Gasteiger partial charge in [0, 0.05) is 11.5 Å².